The van der Waals surface area contributed by atoms with Gasteiger partial charge in [-0.2, -0.15) is 0 Å². The molecule has 2 aromatic rings. The van der Waals surface area contributed by atoms with Gasteiger partial charge in [0.25, 0.3) is 0 Å². The lowest BCUT2D eigenvalue weighted by molar-refractivity contribution is 0.0987. The van der Waals surface area contributed by atoms with E-state index in [1.54, 1.807) is 0 Å². The molecule has 1 aliphatic heterocycles. The van der Waals surface area contributed by atoms with E-state index in [1.165, 1.54) is 23.9 Å². The molecule has 0 atom stereocenters. The number of hydrogen-bond acceptors (Lipinski definition) is 4. The molecule has 2 N–H and O–H groups in total. The maximum absolute atomic E-state index is 12.2. The summed E-state index contributed by atoms with van der Waals surface area (Å²) in [6.45, 7) is 1.99. The molecule has 0 radical (unpaired) electrons. The third-order valence-corrected chi connectivity index (χ3v) is 4.28. The van der Waals surface area contributed by atoms with E-state index in [4.69, 9.17) is 0 Å². The van der Waals surface area contributed by atoms with E-state index >= 15 is 0 Å². The van der Waals surface area contributed by atoms with Gasteiger partial charge >= 0.3 is 0 Å². The van der Waals surface area contributed by atoms with Crippen LogP contribution < -0.4 is 0 Å². The molecular formula is C15H12O3S. The Morgan fingerprint density at radius 2 is 1.89 bits per heavy atom. The molecule has 0 fully saturated rings. The van der Waals surface area contributed by atoms with E-state index in [-0.39, 0.29) is 23.7 Å². The molecule has 0 spiro atoms. The third kappa shape index (κ3) is 2.08. The minimum Gasteiger partial charge on any atom is -0.508 e. The molecule has 4 heteroatoms. The Hall–Kier alpha value is -1.94. The van der Waals surface area contributed by atoms with Crippen molar-refractivity contribution in [1.82, 2.24) is 0 Å². The fourth-order valence-electron chi connectivity index (χ4n) is 2.23. The maximum atomic E-state index is 12.2. The second-order valence-corrected chi connectivity index (χ2v) is 5.74. The number of carbonyl (C=O) groups excluding carboxylic acids is 1. The molecule has 2 aromatic carbocycles. The van der Waals surface area contributed by atoms with Gasteiger partial charge in [0.1, 0.15) is 11.5 Å². The number of phenolic OH excluding ortho intramolecular Hbond substituents is 2. The lowest BCUT2D eigenvalue weighted by Crippen LogP contribution is -2.03. The SMILES string of the molecule is Cc1ccc2c(c1)Sc1cc(O)cc(O)c1C(=O)C2. The van der Waals surface area contributed by atoms with E-state index in [0.717, 1.165) is 16.0 Å². The third-order valence-electron chi connectivity index (χ3n) is 3.14. The van der Waals surface area contributed by atoms with Crippen LogP contribution >= 0.6 is 11.8 Å². The summed E-state index contributed by atoms with van der Waals surface area (Å²) < 4.78 is 0. The summed E-state index contributed by atoms with van der Waals surface area (Å²) in [6.07, 6.45) is 0.272. The van der Waals surface area contributed by atoms with Gasteiger partial charge in [0.15, 0.2) is 5.78 Å². The molecular weight excluding hydrogens is 260 g/mol. The molecule has 0 amide bonds. The van der Waals surface area contributed by atoms with Crippen LogP contribution in [0.3, 0.4) is 0 Å². The first-order valence-electron chi connectivity index (χ1n) is 5.91. The quantitative estimate of drug-likeness (QED) is 0.772. The van der Waals surface area contributed by atoms with Crippen molar-refractivity contribution in [2.75, 3.05) is 0 Å². The van der Waals surface area contributed by atoms with Gasteiger partial charge in [0.05, 0.1) is 5.56 Å². The molecule has 0 saturated carbocycles. The summed E-state index contributed by atoms with van der Waals surface area (Å²) >= 11 is 1.41. The Bertz CT molecular complexity index is 692. The van der Waals surface area contributed by atoms with Gasteiger partial charge in [-0.15, -0.1) is 0 Å². The van der Waals surface area contributed by atoms with Crippen molar-refractivity contribution in [3.63, 3.8) is 0 Å². The maximum Gasteiger partial charge on any atom is 0.172 e. The lowest BCUT2D eigenvalue weighted by atomic mass is 10.0. The van der Waals surface area contributed by atoms with Gasteiger partial charge in [0.2, 0.25) is 0 Å². The number of hydrogen-bond donors (Lipinski definition) is 2. The molecule has 96 valence electrons. The van der Waals surface area contributed by atoms with E-state index in [1.807, 2.05) is 25.1 Å². The van der Waals surface area contributed by atoms with Gasteiger partial charge in [-0.3, -0.25) is 4.79 Å². The molecule has 0 aromatic heterocycles. The molecule has 1 aliphatic rings. The van der Waals surface area contributed by atoms with E-state index in [2.05, 4.69) is 0 Å². The highest BCUT2D eigenvalue weighted by molar-refractivity contribution is 7.99. The molecule has 3 nitrogen and oxygen atoms in total. The molecule has 0 bridgehead atoms. The van der Waals surface area contributed by atoms with Crippen LogP contribution in [0.2, 0.25) is 0 Å². The first kappa shape index (κ1) is 12.1. The first-order chi connectivity index (χ1) is 9.04. The van der Waals surface area contributed by atoms with Crippen LogP contribution in [0.25, 0.3) is 0 Å². The van der Waals surface area contributed by atoms with Crippen molar-refractivity contribution in [1.29, 1.82) is 0 Å². The number of Topliss-reactive ketones (excluding diaryl/α,β-unsaturated/α-hetero) is 1. The van der Waals surface area contributed by atoms with Crippen molar-refractivity contribution < 1.29 is 15.0 Å². The normalized spacial score (nSPS) is 13.6. The van der Waals surface area contributed by atoms with Gasteiger partial charge in [0, 0.05) is 22.3 Å². The summed E-state index contributed by atoms with van der Waals surface area (Å²) in [5.41, 5.74) is 2.37. The van der Waals surface area contributed by atoms with Crippen LogP contribution in [-0.4, -0.2) is 16.0 Å². The largest absolute Gasteiger partial charge is 0.508 e. The predicted molar refractivity (Wildman–Crippen MR) is 73.1 cm³/mol. The van der Waals surface area contributed by atoms with Crippen molar-refractivity contribution in [3.05, 3.63) is 47.0 Å². The molecule has 0 aliphatic carbocycles. The number of fused-ring (bicyclic) bond motifs is 2. The number of rotatable bonds is 0. The average molecular weight is 272 g/mol. The van der Waals surface area contributed by atoms with Crippen molar-refractivity contribution >= 4 is 17.5 Å². The molecule has 0 unspecified atom stereocenters. The number of phenols is 2. The zero-order valence-electron chi connectivity index (χ0n) is 10.3. The standard InChI is InChI=1S/C15H12O3S/c1-8-2-3-9-5-11(17)15-12(18)6-10(16)7-14(15)19-13(9)4-8/h2-4,6-7,16,18H,5H2,1H3. The summed E-state index contributed by atoms with van der Waals surface area (Å²) in [5, 5.41) is 19.4. The van der Waals surface area contributed by atoms with Gasteiger partial charge in [-0.1, -0.05) is 23.9 Å². The van der Waals surface area contributed by atoms with Crippen LogP contribution in [0.15, 0.2) is 40.1 Å². The number of carbonyl (C=O) groups is 1. The highest BCUT2D eigenvalue weighted by Gasteiger charge is 2.24. The van der Waals surface area contributed by atoms with Crippen LogP contribution in [0.5, 0.6) is 11.5 Å². The molecule has 3 rings (SSSR count). The lowest BCUT2D eigenvalue weighted by Gasteiger charge is -2.07. The summed E-state index contributed by atoms with van der Waals surface area (Å²) in [6, 6.07) is 8.66. The zero-order valence-corrected chi connectivity index (χ0v) is 11.1. The number of aryl methyl sites for hydroxylation is 1. The highest BCUT2D eigenvalue weighted by Crippen LogP contribution is 2.42. The molecule has 1 heterocycles. The fourth-order valence-corrected chi connectivity index (χ4v) is 3.48. The second-order valence-electron chi connectivity index (χ2n) is 4.65. The smallest absolute Gasteiger partial charge is 0.172 e. The Morgan fingerprint density at radius 3 is 2.68 bits per heavy atom. The van der Waals surface area contributed by atoms with Crippen LogP contribution in [-0.2, 0) is 6.42 Å². The van der Waals surface area contributed by atoms with E-state index in [0.29, 0.717) is 10.5 Å². The topological polar surface area (TPSA) is 57.5 Å². The van der Waals surface area contributed by atoms with Gasteiger partial charge in [-0.25, -0.2) is 0 Å². The summed E-state index contributed by atoms with van der Waals surface area (Å²) in [5.74, 6) is -0.313. The Kier molecular flexibility index (Phi) is 2.75. The minimum atomic E-state index is -0.156. The fraction of sp³-hybridized carbons (Fsp3) is 0.133. The van der Waals surface area contributed by atoms with Gasteiger partial charge < -0.3 is 10.2 Å². The number of benzene rings is 2. The minimum absolute atomic E-state index is 0.0346. The molecule has 0 saturated heterocycles. The number of ketones is 1. The van der Waals surface area contributed by atoms with Crippen LogP contribution in [0.1, 0.15) is 21.5 Å². The summed E-state index contributed by atoms with van der Waals surface area (Å²) in [4.78, 5) is 13.8. The van der Waals surface area contributed by atoms with Crippen molar-refractivity contribution in [2.24, 2.45) is 0 Å². The first-order valence-corrected chi connectivity index (χ1v) is 6.73. The number of aromatic hydroxyl groups is 2. The van der Waals surface area contributed by atoms with Crippen molar-refractivity contribution in [2.45, 2.75) is 23.1 Å². The molecule has 19 heavy (non-hydrogen) atoms. The highest BCUT2D eigenvalue weighted by atomic mass is 32.2. The Labute approximate surface area is 114 Å². The average Bonchev–Trinajstić information content (AvgIpc) is 2.44. The monoisotopic (exact) mass is 272 g/mol. The van der Waals surface area contributed by atoms with E-state index in [9.17, 15) is 15.0 Å². The van der Waals surface area contributed by atoms with Gasteiger partial charge in [-0.05, 0) is 30.2 Å². The van der Waals surface area contributed by atoms with Crippen molar-refractivity contribution in [3.8, 4) is 11.5 Å². The Balaban J connectivity index is 2.22. The van der Waals surface area contributed by atoms with E-state index < -0.39 is 0 Å². The summed E-state index contributed by atoms with van der Waals surface area (Å²) in [7, 11) is 0. The predicted octanol–water partition coefficient (Wildman–Crippen LogP) is 3.30. The van der Waals surface area contributed by atoms with Crippen LogP contribution in [0.4, 0.5) is 0 Å². The van der Waals surface area contributed by atoms with Crippen LogP contribution in [0, 0.1) is 6.92 Å². The zero-order chi connectivity index (χ0) is 13.6. The Morgan fingerprint density at radius 1 is 1.11 bits per heavy atom. The second kappa shape index (κ2) is 4.31.